The number of benzene rings is 1. The number of aromatic nitrogens is 4. The third kappa shape index (κ3) is 3.78. The SMILES string of the molecule is Cn1cnnc1[C@@H]1CCC[C@@H]1C(=O)Nc1cccnc1C(=O)c1ccc(F)cc1. The van der Waals surface area contributed by atoms with Gasteiger partial charge in [-0.05, 0) is 49.2 Å². The highest BCUT2D eigenvalue weighted by molar-refractivity contribution is 6.12. The maximum absolute atomic E-state index is 13.2. The van der Waals surface area contributed by atoms with E-state index in [0.717, 1.165) is 25.1 Å². The van der Waals surface area contributed by atoms with E-state index in [1.165, 1.54) is 30.5 Å². The van der Waals surface area contributed by atoms with Gasteiger partial charge < -0.3 is 9.88 Å². The fourth-order valence-corrected chi connectivity index (χ4v) is 3.86. The van der Waals surface area contributed by atoms with Crippen LogP contribution in [0.2, 0.25) is 0 Å². The maximum atomic E-state index is 13.2. The zero-order chi connectivity index (χ0) is 20.4. The van der Waals surface area contributed by atoms with E-state index < -0.39 is 5.82 Å². The molecule has 1 aliphatic carbocycles. The van der Waals surface area contributed by atoms with Gasteiger partial charge in [-0.25, -0.2) is 4.39 Å². The normalized spacial score (nSPS) is 18.6. The Morgan fingerprint density at radius 1 is 1.17 bits per heavy atom. The fraction of sp³-hybridized carbons (Fsp3) is 0.286. The summed E-state index contributed by atoms with van der Waals surface area (Å²) in [6, 6.07) is 8.55. The second-order valence-electron chi connectivity index (χ2n) is 7.17. The fourth-order valence-electron chi connectivity index (χ4n) is 3.86. The van der Waals surface area contributed by atoms with Crippen molar-refractivity contribution in [3.63, 3.8) is 0 Å². The molecule has 8 heteroatoms. The summed E-state index contributed by atoms with van der Waals surface area (Å²) in [7, 11) is 1.86. The average Bonchev–Trinajstić information content (AvgIpc) is 3.37. The number of carbonyl (C=O) groups is 2. The topological polar surface area (TPSA) is 89.8 Å². The quantitative estimate of drug-likeness (QED) is 0.673. The van der Waals surface area contributed by atoms with E-state index in [1.54, 1.807) is 18.5 Å². The number of nitrogens with one attached hydrogen (secondary N) is 1. The van der Waals surface area contributed by atoms with Gasteiger partial charge in [-0.2, -0.15) is 0 Å². The molecule has 0 aliphatic heterocycles. The number of hydrogen-bond acceptors (Lipinski definition) is 5. The number of amides is 1. The summed E-state index contributed by atoms with van der Waals surface area (Å²) in [5.41, 5.74) is 0.773. The highest BCUT2D eigenvalue weighted by Gasteiger charge is 2.37. The van der Waals surface area contributed by atoms with Crippen molar-refractivity contribution in [1.82, 2.24) is 19.7 Å². The van der Waals surface area contributed by atoms with Crippen LogP contribution in [0.5, 0.6) is 0 Å². The van der Waals surface area contributed by atoms with E-state index in [2.05, 4.69) is 20.5 Å². The Hall–Kier alpha value is -3.42. The third-order valence-corrected chi connectivity index (χ3v) is 5.32. The smallest absolute Gasteiger partial charge is 0.228 e. The molecule has 2 heterocycles. The Labute approximate surface area is 167 Å². The average molecular weight is 393 g/mol. The Morgan fingerprint density at radius 3 is 2.69 bits per heavy atom. The van der Waals surface area contributed by atoms with Crippen LogP contribution >= 0.6 is 0 Å². The molecule has 0 bridgehead atoms. The molecule has 1 aromatic carbocycles. The molecule has 0 saturated heterocycles. The molecular formula is C21H20FN5O2. The van der Waals surface area contributed by atoms with E-state index >= 15 is 0 Å². The molecule has 148 valence electrons. The molecule has 0 radical (unpaired) electrons. The predicted octanol–water partition coefficient (Wildman–Crippen LogP) is 3.10. The van der Waals surface area contributed by atoms with E-state index in [0.29, 0.717) is 11.3 Å². The Balaban J connectivity index is 1.57. The van der Waals surface area contributed by atoms with Gasteiger partial charge in [0.05, 0.1) is 5.69 Å². The van der Waals surface area contributed by atoms with Crippen molar-refractivity contribution in [1.29, 1.82) is 0 Å². The maximum Gasteiger partial charge on any atom is 0.228 e. The lowest BCUT2D eigenvalue weighted by atomic mass is 9.94. The monoisotopic (exact) mass is 393 g/mol. The molecule has 2 aromatic heterocycles. The molecule has 29 heavy (non-hydrogen) atoms. The van der Waals surface area contributed by atoms with Crippen molar-refractivity contribution in [2.75, 3.05) is 5.32 Å². The van der Waals surface area contributed by atoms with Crippen LogP contribution in [0, 0.1) is 11.7 Å². The minimum absolute atomic E-state index is 0.0181. The summed E-state index contributed by atoms with van der Waals surface area (Å²) in [6.07, 6.45) is 5.64. The number of pyridine rings is 1. The molecule has 7 nitrogen and oxygen atoms in total. The summed E-state index contributed by atoms with van der Waals surface area (Å²) >= 11 is 0. The van der Waals surface area contributed by atoms with E-state index in [4.69, 9.17) is 0 Å². The summed E-state index contributed by atoms with van der Waals surface area (Å²) < 4.78 is 15.0. The van der Waals surface area contributed by atoms with Gasteiger partial charge in [0.25, 0.3) is 0 Å². The van der Waals surface area contributed by atoms with Crippen molar-refractivity contribution >= 4 is 17.4 Å². The summed E-state index contributed by atoms with van der Waals surface area (Å²) in [6.45, 7) is 0. The minimum atomic E-state index is -0.424. The lowest BCUT2D eigenvalue weighted by Crippen LogP contribution is -2.27. The van der Waals surface area contributed by atoms with Gasteiger partial charge in [-0.1, -0.05) is 6.42 Å². The van der Waals surface area contributed by atoms with Crippen molar-refractivity contribution < 1.29 is 14.0 Å². The largest absolute Gasteiger partial charge is 0.324 e. The van der Waals surface area contributed by atoms with Crippen molar-refractivity contribution in [3.8, 4) is 0 Å². The number of aryl methyl sites for hydroxylation is 1. The third-order valence-electron chi connectivity index (χ3n) is 5.32. The molecule has 4 rings (SSSR count). The first-order valence-electron chi connectivity index (χ1n) is 9.44. The van der Waals surface area contributed by atoms with Crippen LogP contribution in [0.4, 0.5) is 10.1 Å². The standard InChI is InChI=1S/C21H20FN5O2/c1-27-12-24-26-20(27)15-4-2-5-16(15)21(29)25-17-6-3-11-23-18(17)19(28)13-7-9-14(22)10-8-13/h3,6-12,15-16H,2,4-5H2,1H3,(H,25,29)/t15-,16+/m1/s1. The number of nitrogens with zero attached hydrogens (tertiary/aromatic N) is 4. The van der Waals surface area contributed by atoms with Gasteiger partial charge >= 0.3 is 0 Å². The second-order valence-corrected chi connectivity index (χ2v) is 7.17. The molecule has 3 aromatic rings. The lowest BCUT2D eigenvalue weighted by Gasteiger charge is -2.19. The van der Waals surface area contributed by atoms with Gasteiger partial charge in [-0.15, -0.1) is 10.2 Å². The Kier molecular flexibility index (Phi) is 5.16. The van der Waals surface area contributed by atoms with Gasteiger partial charge in [-0.3, -0.25) is 14.6 Å². The number of halogens is 1. The molecule has 2 atom stereocenters. The highest BCUT2D eigenvalue weighted by Crippen LogP contribution is 2.39. The van der Waals surface area contributed by atoms with Crippen LogP contribution in [0.15, 0.2) is 48.9 Å². The first-order chi connectivity index (χ1) is 14.0. The zero-order valence-corrected chi connectivity index (χ0v) is 15.9. The Bertz CT molecular complexity index is 1050. The first-order valence-corrected chi connectivity index (χ1v) is 9.44. The minimum Gasteiger partial charge on any atom is -0.324 e. The van der Waals surface area contributed by atoms with Crippen molar-refractivity contribution in [2.24, 2.45) is 13.0 Å². The summed E-state index contributed by atoms with van der Waals surface area (Å²) in [5, 5.41) is 11.0. The molecule has 1 saturated carbocycles. The number of hydrogen-bond donors (Lipinski definition) is 1. The van der Waals surface area contributed by atoms with E-state index in [-0.39, 0.29) is 29.2 Å². The molecule has 1 fully saturated rings. The van der Waals surface area contributed by atoms with Gasteiger partial charge in [0.2, 0.25) is 11.7 Å². The predicted molar refractivity (Wildman–Crippen MR) is 104 cm³/mol. The van der Waals surface area contributed by atoms with Crippen LogP contribution in [-0.4, -0.2) is 31.4 Å². The van der Waals surface area contributed by atoms with E-state index in [1.807, 2.05) is 11.6 Å². The van der Waals surface area contributed by atoms with Gasteiger partial charge in [0.1, 0.15) is 23.7 Å². The van der Waals surface area contributed by atoms with Crippen LogP contribution in [0.25, 0.3) is 0 Å². The lowest BCUT2D eigenvalue weighted by molar-refractivity contribution is -0.120. The van der Waals surface area contributed by atoms with E-state index in [9.17, 15) is 14.0 Å². The van der Waals surface area contributed by atoms with Crippen molar-refractivity contribution in [2.45, 2.75) is 25.2 Å². The summed E-state index contributed by atoms with van der Waals surface area (Å²) in [4.78, 5) is 30.0. The summed E-state index contributed by atoms with van der Waals surface area (Å²) in [5.74, 6) is -0.459. The van der Waals surface area contributed by atoms with Crippen molar-refractivity contribution in [3.05, 3.63) is 71.8 Å². The van der Waals surface area contributed by atoms with Gasteiger partial charge in [0.15, 0.2) is 0 Å². The molecule has 1 N–H and O–H groups in total. The van der Waals surface area contributed by atoms with Crippen LogP contribution in [0.1, 0.15) is 47.1 Å². The molecule has 1 amide bonds. The number of ketones is 1. The molecule has 0 unspecified atom stereocenters. The number of rotatable bonds is 5. The first kappa shape index (κ1) is 18.9. The number of anilines is 1. The molecule has 0 spiro atoms. The van der Waals surface area contributed by atoms with Crippen LogP contribution < -0.4 is 5.32 Å². The molecular weight excluding hydrogens is 373 g/mol. The van der Waals surface area contributed by atoms with Crippen LogP contribution in [-0.2, 0) is 11.8 Å². The highest BCUT2D eigenvalue weighted by atomic mass is 19.1. The second kappa shape index (κ2) is 7.90. The zero-order valence-electron chi connectivity index (χ0n) is 15.9. The number of carbonyl (C=O) groups excluding carboxylic acids is 2. The van der Waals surface area contributed by atoms with Crippen LogP contribution in [0.3, 0.4) is 0 Å². The van der Waals surface area contributed by atoms with Gasteiger partial charge in [0, 0.05) is 30.6 Å². The molecule has 1 aliphatic rings. The Morgan fingerprint density at radius 2 is 1.97 bits per heavy atom.